The minimum Gasteiger partial charge on any atom is -0.497 e. The molecule has 4 nitrogen and oxygen atoms in total. The second-order valence-electron chi connectivity index (χ2n) is 6.11. The van der Waals surface area contributed by atoms with Gasteiger partial charge in [0, 0.05) is 5.56 Å². The monoisotopic (exact) mass is 327 g/mol. The van der Waals surface area contributed by atoms with Gasteiger partial charge in [-0.2, -0.15) is 0 Å². The van der Waals surface area contributed by atoms with Crippen molar-refractivity contribution in [1.29, 1.82) is 0 Å². The first kappa shape index (κ1) is 17.9. The van der Waals surface area contributed by atoms with Gasteiger partial charge in [-0.25, -0.2) is 0 Å². The van der Waals surface area contributed by atoms with Crippen LogP contribution < -0.4 is 14.8 Å². The third-order valence-corrected chi connectivity index (χ3v) is 4.02. The molecule has 0 bridgehead atoms. The molecule has 0 aliphatic carbocycles. The van der Waals surface area contributed by atoms with Gasteiger partial charge in [-0.1, -0.05) is 6.07 Å². The maximum atomic E-state index is 12.5. The van der Waals surface area contributed by atoms with Gasteiger partial charge in [0.2, 0.25) is 0 Å². The molecular formula is C20H25NO3. The lowest BCUT2D eigenvalue weighted by Gasteiger charge is -2.17. The van der Waals surface area contributed by atoms with Crippen LogP contribution in [0.25, 0.3) is 0 Å². The van der Waals surface area contributed by atoms with Crippen molar-refractivity contribution in [2.45, 2.75) is 33.7 Å². The molecule has 1 N–H and O–H groups in total. The number of methoxy groups -OCH3 is 1. The standard InChI is InChI=1S/C20H25NO3/c1-13-10-15(3)19(11-14(13)2)20(22)21-16(4)12-24-18-8-6-17(23-5)7-9-18/h6-11,16H,12H2,1-5H3,(H,21,22)/t16-/m0/s1. The van der Waals surface area contributed by atoms with E-state index in [1.54, 1.807) is 7.11 Å². The second-order valence-corrected chi connectivity index (χ2v) is 6.11. The second kappa shape index (κ2) is 7.86. The molecule has 0 aliphatic heterocycles. The zero-order chi connectivity index (χ0) is 17.7. The van der Waals surface area contributed by atoms with E-state index >= 15 is 0 Å². The van der Waals surface area contributed by atoms with Crippen LogP contribution in [0.5, 0.6) is 11.5 Å². The molecule has 24 heavy (non-hydrogen) atoms. The van der Waals surface area contributed by atoms with Crippen LogP contribution in [-0.2, 0) is 0 Å². The summed E-state index contributed by atoms with van der Waals surface area (Å²) in [4.78, 5) is 12.5. The molecule has 0 spiro atoms. The zero-order valence-electron chi connectivity index (χ0n) is 15.0. The Morgan fingerprint density at radius 2 is 1.58 bits per heavy atom. The van der Waals surface area contributed by atoms with Crippen LogP contribution in [0.3, 0.4) is 0 Å². The minimum atomic E-state index is -0.0967. The largest absolute Gasteiger partial charge is 0.497 e. The average Bonchev–Trinajstić information content (AvgIpc) is 2.56. The first-order valence-electron chi connectivity index (χ1n) is 8.06. The highest BCUT2D eigenvalue weighted by Gasteiger charge is 2.13. The smallest absolute Gasteiger partial charge is 0.251 e. The lowest BCUT2D eigenvalue weighted by molar-refractivity contribution is 0.0926. The fourth-order valence-corrected chi connectivity index (χ4v) is 2.44. The van der Waals surface area contributed by atoms with Crippen molar-refractivity contribution in [2.24, 2.45) is 0 Å². The molecule has 0 radical (unpaired) electrons. The van der Waals surface area contributed by atoms with E-state index in [0.717, 1.165) is 28.2 Å². The van der Waals surface area contributed by atoms with Gasteiger partial charge in [0.15, 0.2) is 0 Å². The summed E-state index contributed by atoms with van der Waals surface area (Å²) < 4.78 is 10.8. The summed E-state index contributed by atoms with van der Waals surface area (Å²) in [6.07, 6.45) is 0. The quantitative estimate of drug-likeness (QED) is 0.877. The molecule has 0 aliphatic rings. The van der Waals surface area contributed by atoms with E-state index in [1.165, 1.54) is 5.56 Å². The number of carbonyl (C=O) groups excluding carboxylic acids is 1. The highest BCUT2D eigenvalue weighted by atomic mass is 16.5. The number of nitrogens with one attached hydrogen (secondary N) is 1. The lowest BCUT2D eigenvalue weighted by Crippen LogP contribution is -2.37. The maximum Gasteiger partial charge on any atom is 0.251 e. The first-order chi connectivity index (χ1) is 11.4. The van der Waals surface area contributed by atoms with Gasteiger partial charge in [-0.05, 0) is 74.7 Å². The van der Waals surface area contributed by atoms with Crippen molar-refractivity contribution < 1.29 is 14.3 Å². The molecule has 2 aromatic carbocycles. The van der Waals surface area contributed by atoms with Crippen molar-refractivity contribution in [3.05, 3.63) is 58.7 Å². The Kier molecular flexibility index (Phi) is 5.85. The molecule has 2 aromatic rings. The summed E-state index contributed by atoms with van der Waals surface area (Å²) in [5.74, 6) is 1.47. The molecular weight excluding hydrogens is 302 g/mol. The molecule has 1 amide bonds. The number of hydrogen-bond acceptors (Lipinski definition) is 3. The van der Waals surface area contributed by atoms with E-state index in [4.69, 9.17) is 9.47 Å². The van der Waals surface area contributed by atoms with Gasteiger partial charge in [-0.15, -0.1) is 0 Å². The van der Waals surface area contributed by atoms with Crippen LogP contribution >= 0.6 is 0 Å². The van der Waals surface area contributed by atoms with E-state index in [0.29, 0.717) is 6.61 Å². The van der Waals surface area contributed by atoms with Crippen molar-refractivity contribution in [2.75, 3.05) is 13.7 Å². The highest BCUT2D eigenvalue weighted by molar-refractivity contribution is 5.96. The van der Waals surface area contributed by atoms with Gasteiger partial charge in [-0.3, -0.25) is 4.79 Å². The summed E-state index contributed by atoms with van der Waals surface area (Å²) >= 11 is 0. The highest BCUT2D eigenvalue weighted by Crippen LogP contribution is 2.18. The van der Waals surface area contributed by atoms with E-state index in [9.17, 15) is 4.79 Å². The Bertz CT molecular complexity index is 708. The van der Waals surface area contributed by atoms with Crippen molar-refractivity contribution in [1.82, 2.24) is 5.32 Å². The lowest BCUT2D eigenvalue weighted by atomic mass is 10.0. The summed E-state index contributed by atoms with van der Waals surface area (Å²) in [6.45, 7) is 8.36. The number of aryl methyl sites for hydroxylation is 3. The SMILES string of the molecule is COc1ccc(OC[C@H](C)NC(=O)c2cc(C)c(C)cc2C)cc1. The Labute approximate surface area is 143 Å². The van der Waals surface area contributed by atoms with E-state index < -0.39 is 0 Å². The van der Waals surface area contributed by atoms with Crippen molar-refractivity contribution >= 4 is 5.91 Å². The number of carbonyl (C=O) groups is 1. The number of hydrogen-bond donors (Lipinski definition) is 1. The van der Waals surface area contributed by atoms with Gasteiger partial charge >= 0.3 is 0 Å². The zero-order valence-corrected chi connectivity index (χ0v) is 15.0. The Morgan fingerprint density at radius 1 is 1.00 bits per heavy atom. The topological polar surface area (TPSA) is 47.6 Å². The van der Waals surface area contributed by atoms with Gasteiger partial charge in [0.25, 0.3) is 5.91 Å². The molecule has 0 aromatic heterocycles. The minimum absolute atomic E-state index is 0.0681. The van der Waals surface area contributed by atoms with Crippen LogP contribution in [0.1, 0.15) is 34.0 Å². The number of rotatable bonds is 6. The fraction of sp³-hybridized carbons (Fsp3) is 0.350. The van der Waals surface area contributed by atoms with Gasteiger partial charge < -0.3 is 14.8 Å². The number of benzene rings is 2. The molecule has 0 unspecified atom stereocenters. The molecule has 1 atom stereocenters. The number of amides is 1. The fourth-order valence-electron chi connectivity index (χ4n) is 2.44. The Hall–Kier alpha value is -2.49. The Balaban J connectivity index is 1.92. The van der Waals surface area contributed by atoms with Crippen LogP contribution in [0.4, 0.5) is 0 Å². The number of ether oxygens (including phenoxy) is 2. The summed E-state index contributed by atoms with van der Waals surface area (Å²) in [7, 11) is 1.63. The molecule has 0 saturated heterocycles. The van der Waals surface area contributed by atoms with E-state index in [1.807, 2.05) is 57.2 Å². The maximum absolute atomic E-state index is 12.5. The third kappa shape index (κ3) is 4.51. The molecule has 0 fully saturated rings. The predicted molar refractivity (Wildman–Crippen MR) is 96.1 cm³/mol. The molecule has 2 rings (SSSR count). The van der Waals surface area contributed by atoms with Crippen LogP contribution in [0.2, 0.25) is 0 Å². The molecule has 4 heteroatoms. The van der Waals surface area contributed by atoms with Crippen molar-refractivity contribution in [3.63, 3.8) is 0 Å². The molecule has 0 saturated carbocycles. The Morgan fingerprint density at radius 3 is 2.21 bits per heavy atom. The van der Waals surface area contributed by atoms with Crippen molar-refractivity contribution in [3.8, 4) is 11.5 Å². The van der Waals surface area contributed by atoms with Crippen LogP contribution in [-0.4, -0.2) is 25.7 Å². The van der Waals surface area contributed by atoms with Gasteiger partial charge in [0.1, 0.15) is 18.1 Å². The predicted octanol–water partition coefficient (Wildman–Crippen LogP) is 3.82. The van der Waals surface area contributed by atoms with E-state index in [2.05, 4.69) is 12.2 Å². The summed E-state index contributed by atoms with van der Waals surface area (Å²) in [6, 6.07) is 11.3. The molecule has 0 heterocycles. The van der Waals surface area contributed by atoms with Crippen LogP contribution in [0.15, 0.2) is 36.4 Å². The molecule has 128 valence electrons. The summed E-state index contributed by atoms with van der Waals surface area (Å²) in [5.41, 5.74) is 4.01. The average molecular weight is 327 g/mol. The van der Waals surface area contributed by atoms with E-state index in [-0.39, 0.29) is 11.9 Å². The first-order valence-corrected chi connectivity index (χ1v) is 8.06. The third-order valence-electron chi connectivity index (χ3n) is 4.02. The van der Waals surface area contributed by atoms with Gasteiger partial charge in [0.05, 0.1) is 13.2 Å². The summed E-state index contributed by atoms with van der Waals surface area (Å²) in [5, 5.41) is 2.99. The normalized spacial score (nSPS) is 11.7. The van der Waals surface area contributed by atoms with Crippen LogP contribution in [0, 0.1) is 20.8 Å².